The van der Waals surface area contributed by atoms with Crippen molar-refractivity contribution in [2.24, 2.45) is 23.2 Å². The van der Waals surface area contributed by atoms with Gasteiger partial charge in [0.15, 0.2) is 0 Å². The van der Waals surface area contributed by atoms with Crippen LogP contribution >= 0.6 is 0 Å². The number of methoxy groups -OCH3 is 1. The number of carbonyl (C=O) groups is 2. The molecule has 0 radical (unpaired) electrons. The second-order valence-electron chi connectivity index (χ2n) is 16.2. The van der Waals surface area contributed by atoms with Gasteiger partial charge in [0.1, 0.15) is 5.75 Å². The molecule has 4 aliphatic rings. The molecule has 3 aromatic carbocycles. The van der Waals surface area contributed by atoms with E-state index in [4.69, 9.17) is 4.74 Å². The molecule has 2 bridgehead atoms. The number of nitro groups is 1. The van der Waals surface area contributed by atoms with Crippen LogP contribution in [0.1, 0.15) is 74.4 Å². The highest BCUT2D eigenvalue weighted by atomic mass is 16.6. The topological polar surface area (TPSA) is 117 Å². The van der Waals surface area contributed by atoms with Gasteiger partial charge in [0.25, 0.3) is 11.6 Å². The van der Waals surface area contributed by atoms with E-state index in [2.05, 4.69) is 36.3 Å². The lowest BCUT2D eigenvalue weighted by Gasteiger charge is -2.62. The van der Waals surface area contributed by atoms with E-state index in [0.717, 1.165) is 43.4 Å². The fourth-order valence-corrected chi connectivity index (χ4v) is 9.27. The van der Waals surface area contributed by atoms with Crippen molar-refractivity contribution >= 4 is 17.5 Å². The zero-order valence-corrected chi connectivity index (χ0v) is 31.6. The molecule has 278 valence electrons. The number of likely N-dealkylation sites (tertiary alicyclic amines) is 1. The second-order valence-corrected chi connectivity index (χ2v) is 16.2. The highest BCUT2D eigenvalue weighted by molar-refractivity contribution is 5.97. The Bertz CT molecular complexity index is 1760. The highest BCUT2D eigenvalue weighted by Gasteiger charge is 2.56. The molecule has 3 saturated carbocycles. The monoisotopic (exact) mass is 709 g/mol. The number of nitrogens with one attached hydrogen (secondary N) is 2. The minimum absolute atomic E-state index is 0.111. The average molecular weight is 710 g/mol. The molecule has 1 heterocycles. The Morgan fingerprint density at radius 2 is 1.83 bits per heavy atom. The summed E-state index contributed by atoms with van der Waals surface area (Å²) in [7, 11) is 5.50. The van der Waals surface area contributed by atoms with Crippen molar-refractivity contribution in [1.29, 1.82) is 0 Å². The Morgan fingerprint density at radius 1 is 1.06 bits per heavy atom. The number of ether oxygens (including phenoxy) is 1. The molecule has 0 unspecified atom stereocenters. The van der Waals surface area contributed by atoms with Gasteiger partial charge in [-0.1, -0.05) is 75.7 Å². The molecule has 7 rings (SSSR count). The Balaban J connectivity index is 1.23. The van der Waals surface area contributed by atoms with Crippen LogP contribution in [0.4, 0.5) is 5.69 Å². The number of hydrogen-bond donors (Lipinski definition) is 2. The molecule has 10 heteroatoms. The van der Waals surface area contributed by atoms with Crippen LogP contribution in [0.3, 0.4) is 0 Å². The molecule has 6 atom stereocenters. The standard InChI is InChI=1S/C42H55N5O5/c1-27-36-23-32(42(36,2)3)24-37(27)44-41(49)38-17-10-11-18-46(38)25-29-15-12-16-35(39(29)52-6)30-20-31(22-34(21-30)47(50)51)40(48)43-33(26-45(4)5)19-28-13-8-7-9-14-28/h7-9,12-16,20-22,27,32-33,36-38H,10-11,17-19,23-26H2,1-6H3,(H,43,48)(H,44,49)/t27-,32-,33-,36-,37-,38-/m0/s1. The van der Waals surface area contributed by atoms with Gasteiger partial charge in [0.05, 0.1) is 18.1 Å². The van der Waals surface area contributed by atoms with Gasteiger partial charge in [0, 0.05) is 54.0 Å². The molecule has 52 heavy (non-hydrogen) atoms. The van der Waals surface area contributed by atoms with Crippen LogP contribution in [0.25, 0.3) is 11.1 Å². The van der Waals surface area contributed by atoms with Gasteiger partial charge in [-0.2, -0.15) is 0 Å². The molecule has 3 aliphatic carbocycles. The molecule has 3 aromatic rings. The summed E-state index contributed by atoms with van der Waals surface area (Å²) in [6.07, 6.45) is 5.75. The summed E-state index contributed by atoms with van der Waals surface area (Å²) in [5.74, 6) is 2.10. The van der Waals surface area contributed by atoms with Crippen molar-refractivity contribution in [1.82, 2.24) is 20.4 Å². The number of likely N-dealkylation sites (N-methyl/N-ethyl adjacent to an activating group) is 1. The molecule has 2 N–H and O–H groups in total. The van der Waals surface area contributed by atoms with Gasteiger partial charge in [-0.05, 0) is 93.1 Å². The third kappa shape index (κ3) is 8.03. The van der Waals surface area contributed by atoms with Gasteiger partial charge < -0.3 is 20.3 Å². The molecule has 2 amide bonds. The number of non-ortho nitro benzene ring substituents is 1. The van der Waals surface area contributed by atoms with Crippen molar-refractivity contribution in [2.45, 2.75) is 84.0 Å². The summed E-state index contributed by atoms with van der Waals surface area (Å²) < 4.78 is 6.01. The Morgan fingerprint density at radius 3 is 2.50 bits per heavy atom. The van der Waals surface area contributed by atoms with Gasteiger partial charge >= 0.3 is 0 Å². The number of hydrogen-bond acceptors (Lipinski definition) is 7. The zero-order chi connectivity index (χ0) is 37.2. The number of nitrogens with zero attached hydrogens (tertiary/aromatic N) is 3. The summed E-state index contributed by atoms with van der Waals surface area (Å²) in [5, 5.41) is 18.8. The fourth-order valence-electron chi connectivity index (χ4n) is 9.27. The Labute approximate surface area is 308 Å². The molecular formula is C42H55N5O5. The van der Waals surface area contributed by atoms with Crippen molar-refractivity contribution in [3.05, 3.63) is 93.5 Å². The number of carbonyl (C=O) groups excluding carboxylic acids is 2. The maximum absolute atomic E-state index is 13.9. The van der Waals surface area contributed by atoms with Gasteiger partial charge in [-0.15, -0.1) is 0 Å². The van der Waals surface area contributed by atoms with Gasteiger partial charge in [-0.3, -0.25) is 24.6 Å². The van der Waals surface area contributed by atoms with E-state index in [9.17, 15) is 19.7 Å². The number of rotatable bonds is 13. The van der Waals surface area contributed by atoms with E-state index >= 15 is 0 Å². The molecular weight excluding hydrogens is 654 g/mol. The Kier molecular flexibility index (Phi) is 11.4. The first-order valence-electron chi connectivity index (χ1n) is 18.8. The predicted molar refractivity (Wildman–Crippen MR) is 204 cm³/mol. The maximum Gasteiger partial charge on any atom is 0.270 e. The second kappa shape index (κ2) is 15.8. The molecule has 0 aromatic heterocycles. The van der Waals surface area contributed by atoms with Crippen molar-refractivity contribution in [3.8, 4) is 16.9 Å². The van der Waals surface area contributed by atoms with Crippen LogP contribution in [0.15, 0.2) is 66.7 Å². The van der Waals surface area contributed by atoms with E-state index in [1.54, 1.807) is 13.2 Å². The lowest BCUT2D eigenvalue weighted by Crippen LogP contribution is -2.62. The Hall–Kier alpha value is -4.28. The first kappa shape index (κ1) is 37.5. The quantitative estimate of drug-likeness (QED) is 0.150. The molecule has 1 aliphatic heterocycles. The number of piperidine rings is 1. The van der Waals surface area contributed by atoms with E-state index in [1.165, 1.54) is 18.6 Å². The van der Waals surface area contributed by atoms with E-state index in [-0.39, 0.29) is 41.2 Å². The third-order valence-corrected chi connectivity index (χ3v) is 12.2. The summed E-state index contributed by atoms with van der Waals surface area (Å²) in [6, 6.07) is 20.0. The van der Waals surface area contributed by atoms with Gasteiger partial charge in [0.2, 0.25) is 5.91 Å². The van der Waals surface area contributed by atoms with Crippen LogP contribution in [0.5, 0.6) is 5.75 Å². The van der Waals surface area contributed by atoms with Crippen molar-refractivity contribution in [2.75, 3.05) is 34.3 Å². The fraction of sp³-hybridized carbons (Fsp3) is 0.524. The highest BCUT2D eigenvalue weighted by Crippen LogP contribution is 2.61. The minimum Gasteiger partial charge on any atom is -0.496 e. The van der Waals surface area contributed by atoms with E-state index < -0.39 is 4.92 Å². The summed E-state index contributed by atoms with van der Waals surface area (Å²) >= 11 is 0. The zero-order valence-electron chi connectivity index (χ0n) is 31.6. The lowest BCUT2D eigenvalue weighted by molar-refractivity contribution is -0.384. The molecule has 10 nitrogen and oxygen atoms in total. The summed E-state index contributed by atoms with van der Waals surface area (Å²) in [6.45, 7) is 8.96. The minimum atomic E-state index is -0.466. The molecule has 4 fully saturated rings. The summed E-state index contributed by atoms with van der Waals surface area (Å²) in [4.78, 5) is 43.6. The SMILES string of the molecule is COc1c(CN2CCCC[C@H]2C(=O)N[C@H]2C[C@@H]3C[C@@H]([C@@H]2C)C3(C)C)cccc1-c1cc(C(=O)N[C@@H](Cc2ccccc2)CN(C)C)cc([N+](=O)[O-])c1. The first-order chi connectivity index (χ1) is 24.8. The molecule has 1 saturated heterocycles. The van der Waals surface area contributed by atoms with Gasteiger partial charge in [-0.25, -0.2) is 0 Å². The largest absolute Gasteiger partial charge is 0.496 e. The number of fused-ring (bicyclic) bond motifs is 2. The van der Waals surface area contributed by atoms with Crippen LogP contribution < -0.4 is 15.4 Å². The summed E-state index contributed by atoms with van der Waals surface area (Å²) in [5.41, 5.74) is 3.55. The van der Waals surface area contributed by atoms with Crippen molar-refractivity contribution < 1.29 is 19.2 Å². The maximum atomic E-state index is 13.9. The van der Waals surface area contributed by atoms with Crippen LogP contribution in [0, 0.1) is 33.3 Å². The van der Waals surface area contributed by atoms with E-state index in [1.807, 2.05) is 67.5 Å². The molecule has 0 spiro atoms. The van der Waals surface area contributed by atoms with Crippen LogP contribution in [-0.4, -0.2) is 79.0 Å². The normalized spacial score (nSPS) is 24.4. The number of amides is 2. The number of benzene rings is 3. The van der Waals surface area contributed by atoms with Crippen LogP contribution in [0.2, 0.25) is 0 Å². The lowest BCUT2D eigenvalue weighted by atomic mass is 9.45. The van der Waals surface area contributed by atoms with Crippen molar-refractivity contribution in [3.63, 3.8) is 0 Å². The average Bonchev–Trinajstić information content (AvgIpc) is 3.12. The third-order valence-electron chi connectivity index (χ3n) is 12.2. The predicted octanol–water partition coefficient (Wildman–Crippen LogP) is 6.71. The smallest absolute Gasteiger partial charge is 0.270 e. The number of para-hydroxylation sites is 1. The first-order valence-corrected chi connectivity index (χ1v) is 18.8. The van der Waals surface area contributed by atoms with E-state index in [0.29, 0.717) is 59.6 Å². The number of nitro benzene ring substituents is 1. The van der Waals surface area contributed by atoms with Crippen LogP contribution in [-0.2, 0) is 17.8 Å².